The van der Waals surface area contributed by atoms with E-state index in [1.807, 2.05) is 0 Å². The fourth-order valence-electron chi connectivity index (χ4n) is 1.33. The van der Waals surface area contributed by atoms with Crippen LogP contribution in [-0.2, 0) is 0 Å². The summed E-state index contributed by atoms with van der Waals surface area (Å²) in [5.74, 6) is -2.40. The van der Waals surface area contributed by atoms with E-state index in [1.54, 1.807) is 0 Å². The van der Waals surface area contributed by atoms with Gasteiger partial charge in [-0.3, -0.25) is 10.1 Å². The van der Waals surface area contributed by atoms with E-state index in [-0.39, 0.29) is 36.7 Å². The molecule has 19 heavy (non-hydrogen) atoms. The van der Waals surface area contributed by atoms with Crippen LogP contribution in [-0.4, -0.2) is 39.4 Å². The smallest absolute Gasteiger partial charge is 0.321 e. The minimum atomic E-state index is -2.37. The molecule has 0 aromatic heterocycles. The quantitative estimate of drug-likeness (QED) is 0.322. The lowest BCUT2D eigenvalue weighted by Gasteiger charge is -2.21. The van der Waals surface area contributed by atoms with Crippen molar-refractivity contribution in [3.63, 3.8) is 0 Å². The molecule has 0 saturated carbocycles. The number of nitro groups is 1. The van der Waals surface area contributed by atoms with E-state index in [0.29, 0.717) is 0 Å². The van der Waals surface area contributed by atoms with Crippen molar-refractivity contribution in [1.82, 2.24) is 0 Å². The van der Waals surface area contributed by atoms with Gasteiger partial charge >= 0.3 is 5.97 Å². The molecule has 0 radical (unpaired) electrons. The lowest BCUT2D eigenvalue weighted by atomic mass is 10.2. The maximum atomic E-state index is 10.9. The van der Waals surface area contributed by atoms with Crippen LogP contribution in [0.1, 0.15) is 13.3 Å². The number of nitrogens with one attached hydrogen (secondary N) is 1. The van der Waals surface area contributed by atoms with Crippen molar-refractivity contribution in [2.75, 3.05) is 18.5 Å². The molecule has 0 amide bonds. The highest BCUT2D eigenvalue weighted by Crippen LogP contribution is 2.30. The number of rotatable bonds is 7. The molecule has 0 atom stereocenters. The summed E-state index contributed by atoms with van der Waals surface area (Å²) >= 11 is 0. The summed E-state index contributed by atoms with van der Waals surface area (Å²) in [4.78, 5) is 10.3. The minimum absolute atomic E-state index is 0.0342. The number of nitrogens with zero attached hydrogens (tertiary/aromatic N) is 1. The van der Waals surface area contributed by atoms with E-state index in [2.05, 4.69) is 5.32 Å². The van der Waals surface area contributed by atoms with Gasteiger partial charge in [0.15, 0.2) is 0 Å². The average molecular weight is 272 g/mol. The molecular formula is C11H16N2O6. The molecule has 0 saturated heterocycles. The molecule has 1 rings (SSSR count). The van der Waals surface area contributed by atoms with Crippen LogP contribution in [0.15, 0.2) is 18.2 Å². The third-order valence-corrected chi connectivity index (χ3v) is 2.34. The van der Waals surface area contributed by atoms with Crippen LogP contribution in [0.5, 0.6) is 5.75 Å². The van der Waals surface area contributed by atoms with Crippen molar-refractivity contribution >= 4 is 11.4 Å². The number of nitro benzene ring substituents is 1. The van der Waals surface area contributed by atoms with Gasteiger partial charge in [0.2, 0.25) is 0 Å². The maximum Gasteiger partial charge on any atom is 0.321 e. The zero-order valence-corrected chi connectivity index (χ0v) is 10.4. The summed E-state index contributed by atoms with van der Waals surface area (Å²) in [7, 11) is 0. The lowest BCUT2D eigenvalue weighted by molar-refractivity contribution is -0.384. The Balaban J connectivity index is 2.99. The first kappa shape index (κ1) is 15.2. The van der Waals surface area contributed by atoms with Crippen LogP contribution in [0.3, 0.4) is 0 Å². The third-order valence-electron chi connectivity index (χ3n) is 2.34. The van der Waals surface area contributed by atoms with Crippen molar-refractivity contribution in [2.45, 2.75) is 19.3 Å². The molecule has 1 aromatic rings. The number of aliphatic hydroxyl groups is 3. The Bertz CT molecular complexity index is 449. The van der Waals surface area contributed by atoms with Gasteiger partial charge in [-0.25, -0.2) is 0 Å². The fourth-order valence-corrected chi connectivity index (χ4v) is 1.33. The van der Waals surface area contributed by atoms with E-state index in [9.17, 15) is 20.3 Å². The van der Waals surface area contributed by atoms with Crippen LogP contribution in [0.2, 0.25) is 0 Å². The number of hydrogen-bond donors (Lipinski definition) is 4. The number of aliphatic hydroxyl groups excluding tert-OH is 1. The van der Waals surface area contributed by atoms with Gasteiger partial charge in [0.05, 0.1) is 17.6 Å². The maximum absolute atomic E-state index is 10.9. The topological polar surface area (TPSA) is 125 Å². The minimum Gasteiger partial charge on any atom is -0.439 e. The standard InChI is InChI=1S/C11H16N2O6/c1-2-11(15,16)19-8-3-4-9(12-5-6-14)10(7-8)13(17)18/h3-4,7,12,14-16H,2,5-6H2,1H3. The van der Waals surface area contributed by atoms with Crippen LogP contribution in [0.25, 0.3) is 0 Å². The molecule has 0 heterocycles. The molecule has 4 N–H and O–H groups in total. The number of ether oxygens (including phenoxy) is 1. The van der Waals surface area contributed by atoms with Crippen molar-refractivity contribution in [3.8, 4) is 5.75 Å². The van der Waals surface area contributed by atoms with Gasteiger partial charge in [0.25, 0.3) is 5.69 Å². The second-order valence-corrected chi connectivity index (χ2v) is 3.79. The largest absolute Gasteiger partial charge is 0.439 e. The van der Waals surface area contributed by atoms with E-state index in [0.717, 1.165) is 6.07 Å². The Hall–Kier alpha value is -1.90. The molecule has 0 unspecified atom stereocenters. The SMILES string of the molecule is CCC(O)(O)Oc1ccc(NCCO)c([N+](=O)[O-])c1. The highest BCUT2D eigenvalue weighted by atomic mass is 16.8. The van der Waals surface area contributed by atoms with Crippen molar-refractivity contribution in [2.24, 2.45) is 0 Å². The Labute approximate surface area is 109 Å². The third kappa shape index (κ3) is 4.36. The first-order valence-corrected chi connectivity index (χ1v) is 5.66. The highest BCUT2D eigenvalue weighted by Gasteiger charge is 2.24. The zero-order chi connectivity index (χ0) is 14.5. The molecule has 0 spiro atoms. The molecular weight excluding hydrogens is 256 g/mol. The lowest BCUT2D eigenvalue weighted by Crippen LogP contribution is -2.34. The van der Waals surface area contributed by atoms with Gasteiger partial charge in [0.1, 0.15) is 11.4 Å². The molecule has 0 bridgehead atoms. The van der Waals surface area contributed by atoms with Gasteiger partial charge in [-0.2, -0.15) is 0 Å². The van der Waals surface area contributed by atoms with Gasteiger partial charge < -0.3 is 25.4 Å². The summed E-state index contributed by atoms with van der Waals surface area (Å²) in [5.41, 5.74) is -0.0674. The van der Waals surface area contributed by atoms with Crippen molar-refractivity contribution in [1.29, 1.82) is 0 Å². The van der Waals surface area contributed by atoms with Gasteiger partial charge in [-0.1, -0.05) is 6.92 Å². The molecule has 0 aliphatic heterocycles. The van der Waals surface area contributed by atoms with Crippen LogP contribution >= 0.6 is 0 Å². The van der Waals surface area contributed by atoms with Crippen LogP contribution in [0.4, 0.5) is 11.4 Å². The Morgan fingerprint density at radius 2 is 2.16 bits per heavy atom. The van der Waals surface area contributed by atoms with E-state index < -0.39 is 10.9 Å². The summed E-state index contributed by atoms with van der Waals surface area (Å²) in [6.07, 6.45) is -0.0920. The molecule has 0 aliphatic rings. The number of benzene rings is 1. The molecule has 0 aliphatic carbocycles. The van der Waals surface area contributed by atoms with E-state index in [4.69, 9.17) is 9.84 Å². The van der Waals surface area contributed by atoms with Crippen molar-refractivity contribution in [3.05, 3.63) is 28.3 Å². The van der Waals surface area contributed by atoms with Crippen molar-refractivity contribution < 1.29 is 25.0 Å². The number of hydrogen-bond acceptors (Lipinski definition) is 7. The fraction of sp³-hybridized carbons (Fsp3) is 0.455. The normalized spacial score (nSPS) is 11.2. The van der Waals surface area contributed by atoms with E-state index in [1.165, 1.54) is 19.1 Å². The Morgan fingerprint density at radius 3 is 2.68 bits per heavy atom. The van der Waals surface area contributed by atoms with Crippen LogP contribution < -0.4 is 10.1 Å². The van der Waals surface area contributed by atoms with Gasteiger partial charge in [0, 0.05) is 13.0 Å². The first-order chi connectivity index (χ1) is 8.89. The predicted molar refractivity (Wildman–Crippen MR) is 66.8 cm³/mol. The second kappa shape index (κ2) is 6.32. The first-order valence-electron chi connectivity index (χ1n) is 5.66. The van der Waals surface area contributed by atoms with E-state index >= 15 is 0 Å². The molecule has 0 fully saturated rings. The molecule has 1 aromatic carbocycles. The molecule has 106 valence electrons. The molecule has 8 heteroatoms. The summed E-state index contributed by atoms with van der Waals surface area (Å²) in [6.45, 7) is 1.49. The second-order valence-electron chi connectivity index (χ2n) is 3.79. The van der Waals surface area contributed by atoms with Gasteiger partial charge in [-0.15, -0.1) is 0 Å². The predicted octanol–water partition coefficient (Wildman–Crippen LogP) is 0.426. The summed E-state index contributed by atoms with van der Waals surface area (Å²) in [6, 6.07) is 3.81. The Kier molecular flexibility index (Phi) is 5.04. The zero-order valence-electron chi connectivity index (χ0n) is 10.4. The highest BCUT2D eigenvalue weighted by molar-refractivity contribution is 5.63. The summed E-state index contributed by atoms with van der Waals surface area (Å²) in [5, 5.41) is 40.9. The van der Waals surface area contributed by atoms with Gasteiger partial charge in [-0.05, 0) is 12.1 Å². The van der Waals surface area contributed by atoms with Crippen LogP contribution in [0, 0.1) is 10.1 Å². The summed E-state index contributed by atoms with van der Waals surface area (Å²) < 4.78 is 4.83. The Morgan fingerprint density at radius 1 is 1.47 bits per heavy atom. The number of anilines is 1. The average Bonchev–Trinajstić information content (AvgIpc) is 2.36. The monoisotopic (exact) mass is 272 g/mol. The molecule has 8 nitrogen and oxygen atoms in total.